The molecule has 0 saturated carbocycles. The monoisotopic (exact) mass is 471 g/mol. The minimum atomic E-state index is -0.0218. The number of aromatic amines is 1. The summed E-state index contributed by atoms with van der Waals surface area (Å²) in [6.45, 7) is 6.54. The maximum Gasteiger partial charge on any atom is 0.227 e. The standard InChI is InChI=1S/C26H31Cl2N3O/c1-17(2)25-24(29-15-18-12-20(27)14-21(28)13-18)9-11-31(26(25)32)10-5-6-19-16-30-23-8-4-3-7-22(19)23/h3-4,7-8,12-14,16-17,24-25,29-30H,5-6,9-11,15H2,1-2H3. The van der Waals surface area contributed by atoms with Gasteiger partial charge in [0.25, 0.3) is 0 Å². The Hall–Kier alpha value is -2.01. The molecule has 2 unspecified atom stereocenters. The number of hydrogen-bond donors (Lipinski definition) is 2. The molecule has 4 nitrogen and oxygen atoms in total. The number of carbonyl (C=O) groups is 1. The first kappa shape index (κ1) is 23.2. The summed E-state index contributed by atoms with van der Waals surface area (Å²) in [5, 5.41) is 6.15. The van der Waals surface area contributed by atoms with E-state index in [1.165, 1.54) is 16.5 Å². The third kappa shape index (κ3) is 5.31. The largest absolute Gasteiger partial charge is 0.361 e. The van der Waals surface area contributed by atoms with Gasteiger partial charge < -0.3 is 15.2 Å². The maximum atomic E-state index is 13.3. The van der Waals surface area contributed by atoms with Gasteiger partial charge >= 0.3 is 0 Å². The van der Waals surface area contributed by atoms with E-state index in [0.29, 0.717) is 16.6 Å². The molecule has 2 atom stereocenters. The van der Waals surface area contributed by atoms with E-state index in [1.807, 2.05) is 18.2 Å². The second-order valence-corrected chi connectivity index (χ2v) is 9.98. The summed E-state index contributed by atoms with van der Waals surface area (Å²) in [4.78, 5) is 18.7. The van der Waals surface area contributed by atoms with Crippen molar-refractivity contribution in [1.82, 2.24) is 15.2 Å². The Morgan fingerprint density at radius 3 is 2.66 bits per heavy atom. The molecule has 32 heavy (non-hydrogen) atoms. The van der Waals surface area contributed by atoms with Gasteiger partial charge in [0.15, 0.2) is 0 Å². The van der Waals surface area contributed by atoms with Gasteiger partial charge in [0, 0.05) is 52.8 Å². The first-order chi connectivity index (χ1) is 15.4. The van der Waals surface area contributed by atoms with Crippen LogP contribution in [0.1, 0.15) is 37.8 Å². The Kier molecular flexibility index (Phi) is 7.44. The number of halogens is 2. The highest BCUT2D eigenvalue weighted by Crippen LogP contribution is 2.27. The molecule has 1 fully saturated rings. The zero-order valence-electron chi connectivity index (χ0n) is 18.7. The minimum Gasteiger partial charge on any atom is -0.361 e. The van der Waals surface area contributed by atoms with Gasteiger partial charge in [-0.05, 0) is 60.6 Å². The molecule has 0 bridgehead atoms. The van der Waals surface area contributed by atoms with E-state index in [9.17, 15) is 4.79 Å². The third-order valence-electron chi connectivity index (χ3n) is 6.50. The number of carbonyl (C=O) groups excluding carboxylic acids is 1. The zero-order chi connectivity index (χ0) is 22.7. The second-order valence-electron chi connectivity index (χ2n) is 9.11. The highest BCUT2D eigenvalue weighted by molar-refractivity contribution is 6.34. The number of fused-ring (bicyclic) bond motifs is 1. The lowest BCUT2D eigenvalue weighted by molar-refractivity contribution is -0.141. The van der Waals surface area contributed by atoms with Gasteiger partial charge in [-0.15, -0.1) is 0 Å². The van der Waals surface area contributed by atoms with Gasteiger partial charge in [0.1, 0.15) is 0 Å². The number of H-pyrrole nitrogens is 1. The number of benzene rings is 2. The van der Waals surface area contributed by atoms with Gasteiger partial charge in [0.05, 0.1) is 5.92 Å². The summed E-state index contributed by atoms with van der Waals surface area (Å²) in [5.41, 5.74) is 3.54. The predicted molar refractivity (Wildman–Crippen MR) is 133 cm³/mol. The molecular weight excluding hydrogens is 441 g/mol. The Morgan fingerprint density at radius 2 is 1.91 bits per heavy atom. The molecule has 1 aliphatic heterocycles. The third-order valence-corrected chi connectivity index (χ3v) is 6.93. The molecule has 1 aliphatic rings. The molecule has 2 aromatic carbocycles. The van der Waals surface area contributed by atoms with Crippen LogP contribution < -0.4 is 5.32 Å². The highest BCUT2D eigenvalue weighted by Gasteiger charge is 2.37. The van der Waals surface area contributed by atoms with E-state index in [-0.39, 0.29) is 23.8 Å². The molecule has 6 heteroatoms. The van der Waals surface area contributed by atoms with Crippen LogP contribution in [0.5, 0.6) is 0 Å². The van der Waals surface area contributed by atoms with Crippen molar-refractivity contribution in [1.29, 1.82) is 0 Å². The van der Waals surface area contributed by atoms with Crippen LogP contribution in [0.15, 0.2) is 48.7 Å². The number of likely N-dealkylation sites (tertiary alicyclic amines) is 1. The molecule has 1 saturated heterocycles. The fourth-order valence-corrected chi connectivity index (χ4v) is 5.50. The average molecular weight is 472 g/mol. The summed E-state index contributed by atoms with van der Waals surface area (Å²) in [5.74, 6) is 0.526. The Bertz CT molecular complexity index is 1060. The van der Waals surface area contributed by atoms with Crippen molar-refractivity contribution in [3.05, 3.63) is 69.8 Å². The molecule has 4 rings (SSSR count). The van der Waals surface area contributed by atoms with Gasteiger partial charge in [-0.2, -0.15) is 0 Å². The smallest absolute Gasteiger partial charge is 0.227 e. The molecule has 3 aromatic rings. The van der Waals surface area contributed by atoms with E-state index in [2.05, 4.69) is 53.4 Å². The highest BCUT2D eigenvalue weighted by atomic mass is 35.5. The lowest BCUT2D eigenvalue weighted by Crippen LogP contribution is -2.54. The normalized spacial score (nSPS) is 19.3. The van der Waals surface area contributed by atoms with E-state index in [4.69, 9.17) is 23.2 Å². The summed E-state index contributed by atoms with van der Waals surface area (Å²) < 4.78 is 0. The van der Waals surface area contributed by atoms with Crippen LogP contribution in [0.4, 0.5) is 0 Å². The first-order valence-electron chi connectivity index (χ1n) is 11.4. The number of aromatic nitrogens is 1. The molecule has 2 N–H and O–H groups in total. The van der Waals surface area contributed by atoms with Crippen molar-refractivity contribution in [2.24, 2.45) is 11.8 Å². The average Bonchev–Trinajstić information content (AvgIpc) is 3.16. The van der Waals surface area contributed by atoms with Gasteiger partial charge in [-0.3, -0.25) is 4.79 Å². The maximum absolute atomic E-state index is 13.3. The van der Waals surface area contributed by atoms with E-state index in [1.54, 1.807) is 6.07 Å². The molecule has 1 aromatic heterocycles. The van der Waals surface area contributed by atoms with Crippen LogP contribution in [0.3, 0.4) is 0 Å². The number of para-hydroxylation sites is 1. The van der Waals surface area contributed by atoms with Crippen LogP contribution in [-0.4, -0.2) is 34.9 Å². The van der Waals surface area contributed by atoms with Crippen LogP contribution in [0.25, 0.3) is 10.9 Å². The summed E-state index contributed by atoms with van der Waals surface area (Å²) in [7, 11) is 0. The topological polar surface area (TPSA) is 48.1 Å². The molecule has 2 heterocycles. The van der Waals surface area contributed by atoms with E-state index >= 15 is 0 Å². The Morgan fingerprint density at radius 1 is 1.16 bits per heavy atom. The number of rotatable bonds is 8. The van der Waals surface area contributed by atoms with Crippen molar-refractivity contribution in [3.63, 3.8) is 0 Å². The van der Waals surface area contributed by atoms with E-state index in [0.717, 1.165) is 37.9 Å². The minimum absolute atomic E-state index is 0.0218. The molecule has 0 aliphatic carbocycles. The summed E-state index contributed by atoms with van der Waals surface area (Å²) in [6.07, 6.45) is 4.99. The molecule has 0 radical (unpaired) electrons. The first-order valence-corrected chi connectivity index (χ1v) is 12.2. The Labute approximate surface area is 200 Å². The number of piperidine rings is 1. The molecule has 170 valence electrons. The van der Waals surface area contributed by atoms with Gasteiger partial charge in [-0.25, -0.2) is 0 Å². The SMILES string of the molecule is CC(C)C1C(=O)N(CCCc2c[nH]c3ccccc23)CCC1NCc1cc(Cl)cc(Cl)c1. The van der Waals surface area contributed by atoms with Crippen molar-refractivity contribution in [2.75, 3.05) is 13.1 Å². The van der Waals surface area contributed by atoms with Crippen LogP contribution in [-0.2, 0) is 17.8 Å². The lowest BCUT2D eigenvalue weighted by atomic mass is 9.82. The van der Waals surface area contributed by atoms with Crippen LogP contribution in [0.2, 0.25) is 10.0 Å². The molecule has 0 spiro atoms. The lowest BCUT2D eigenvalue weighted by Gasteiger charge is -2.40. The van der Waals surface area contributed by atoms with Crippen molar-refractivity contribution in [2.45, 2.75) is 45.7 Å². The van der Waals surface area contributed by atoms with Crippen LogP contribution in [0, 0.1) is 11.8 Å². The fraction of sp³-hybridized carbons (Fsp3) is 0.423. The van der Waals surface area contributed by atoms with Crippen molar-refractivity contribution < 1.29 is 4.79 Å². The number of nitrogens with zero attached hydrogens (tertiary/aromatic N) is 1. The Balaban J connectivity index is 1.34. The van der Waals surface area contributed by atoms with Gasteiger partial charge in [-0.1, -0.05) is 55.2 Å². The fourth-order valence-electron chi connectivity index (χ4n) is 4.93. The predicted octanol–water partition coefficient (Wildman–Crippen LogP) is 6.07. The second kappa shape index (κ2) is 10.3. The van der Waals surface area contributed by atoms with Gasteiger partial charge in [0.2, 0.25) is 5.91 Å². The quantitative estimate of drug-likeness (QED) is 0.418. The summed E-state index contributed by atoms with van der Waals surface area (Å²) in [6, 6.07) is 14.1. The van der Waals surface area contributed by atoms with Crippen molar-refractivity contribution in [3.8, 4) is 0 Å². The molecule has 1 amide bonds. The number of amides is 1. The zero-order valence-corrected chi connectivity index (χ0v) is 20.2. The number of hydrogen-bond acceptors (Lipinski definition) is 2. The van der Waals surface area contributed by atoms with E-state index < -0.39 is 0 Å². The number of nitrogens with one attached hydrogen (secondary N) is 2. The van der Waals surface area contributed by atoms with Crippen molar-refractivity contribution >= 4 is 40.0 Å². The number of aryl methyl sites for hydroxylation is 1. The summed E-state index contributed by atoms with van der Waals surface area (Å²) >= 11 is 12.3. The molecular formula is C26H31Cl2N3O. The van der Waals surface area contributed by atoms with Crippen LogP contribution >= 0.6 is 23.2 Å².